The van der Waals surface area contributed by atoms with Crippen LogP contribution in [0.1, 0.15) is 59.3 Å². The predicted molar refractivity (Wildman–Crippen MR) is 93.9 cm³/mol. The van der Waals surface area contributed by atoms with Crippen LogP contribution in [0.25, 0.3) is 0 Å². The second-order valence-electron chi connectivity index (χ2n) is 6.36. The average Bonchev–Trinajstić information content (AvgIpc) is 2.54. The summed E-state index contributed by atoms with van der Waals surface area (Å²) in [7, 11) is -3.40. The van der Waals surface area contributed by atoms with E-state index in [2.05, 4.69) is 10.6 Å². The van der Waals surface area contributed by atoms with E-state index in [1.807, 2.05) is 20.8 Å². The average molecular weight is 362 g/mol. The molecule has 0 aromatic carbocycles. The molecular formula is C16H31N3O4S. The fourth-order valence-electron chi connectivity index (χ4n) is 2.74. The monoisotopic (exact) mass is 361 g/mol. The van der Waals surface area contributed by atoms with Crippen LogP contribution in [0.4, 0.5) is 0 Å². The molecule has 1 rings (SSSR count). The number of nitrogens with one attached hydrogen (secondary N) is 2. The fourth-order valence-corrected chi connectivity index (χ4v) is 4.49. The molecule has 1 aliphatic rings. The van der Waals surface area contributed by atoms with Crippen LogP contribution in [0.5, 0.6) is 0 Å². The topological polar surface area (TPSA) is 95.6 Å². The largest absolute Gasteiger partial charge is 0.354 e. The molecule has 0 radical (unpaired) electrons. The van der Waals surface area contributed by atoms with Gasteiger partial charge in [0.25, 0.3) is 0 Å². The molecule has 2 atom stereocenters. The molecule has 7 nitrogen and oxygen atoms in total. The van der Waals surface area contributed by atoms with Crippen molar-refractivity contribution in [2.45, 2.75) is 71.4 Å². The van der Waals surface area contributed by atoms with Crippen LogP contribution < -0.4 is 10.6 Å². The lowest BCUT2D eigenvalue weighted by Gasteiger charge is -2.33. The molecule has 0 saturated carbocycles. The van der Waals surface area contributed by atoms with Gasteiger partial charge in [-0.15, -0.1) is 0 Å². The molecule has 0 aliphatic carbocycles. The lowest BCUT2D eigenvalue weighted by molar-refractivity contribution is -0.126. The maximum absolute atomic E-state index is 12.4. The van der Waals surface area contributed by atoms with E-state index in [1.165, 1.54) is 4.31 Å². The van der Waals surface area contributed by atoms with Crippen LogP contribution in [0.15, 0.2) is 0 Å². The van der Waals surface area contributed by atoms with Gasteiger partial charge in [-0.3, -0.25) is 9.59 Å². The molecule has 2 amide bonds. The Balaban J connectivity index is 2.54. The highest BCUT2D eigenvalue weighted by atomic mass is 32.2. The van der Waals surface area contributed by atoms with Crippen LogP contribution in [0.2, 0.25) is 0 Å². The summed E-state index contributed by atoms with van der Waals surface area (Å²) in [6.07, 6.45) is 3.74. The molecule has 1 aliphatic heterocycles. The van der Waals surface area contributed by atoms with Gasteiger partial charge in [0.2, 0.25) is 21.8 Å². The zero-order valence-electron chi connectivity index (χ0n) is 15.0. The first kappa shape index (κ1) is 20.9. The number of carbonyl (C=O) groups excluding carboxylic acids is 2. The minimum Gasteiger partial charge on any atom is -0.354 e. The third kappa shape index (κ3) is 6.39. The van der Waals surface area contributed by atoms with Crippen molar-refractivity contribution in [1.29, 1.82) is 0 Å². The Morgan fingerprint density at radius 2 is 1.96 bits per heavy atom. The summed E-state index contributed by atoms with van der Waals surface area (Å²) in [6, 6.07) is -0.533. The van der Waals surface area contributed by atoms with Gasteiger partial charge in [-0.1, -0.05) is 20.3 Å². The maximum Gasteiger partial charge on any atom is 0.238 e. The number of sulfonamides is 1. The Morgan fingerprint density at radius 3 is 2.58 bits per heavy atom. The van der Waals surface area contributed by atoms with Crippen molar-refractivity contribution in [2.24, 2.45) is 0 Å². The Morgan fingerprint density at radius 1 is 1.25 bits per heavy atom. The van der Waals surface area contributed by atoms with E-state index >= 15 is 0 Å². The van der Waals surface area contributed by atoms with E-state index < -0.39 is 16.1 Å². The molecule has 1 saturated heterocycles. The molecule has 0 bridgehead atoms. The van der Waals surface area contributed by atoms with Gasteiger partial charge in [-0.25, -0.2) is 8.42 Å². The molecule has 8 heteroatoms. The van der Waals surface area contributed by atoms with Gasteiger partial charge < -0.3 is 10.6 Å². The van der Waals surface area contributed by atoms with E-state index in [1.54, 1.807) is 0 Å². The number of hydrogen-bond donors (Lipinski definition) is 2. The van der Waals surface area contributed by atoms with Crippen molar-refractivity contribution in [2.75, 3.05) is 18.8 Å². The molecule has 0 aromatic rings. The smallest absolute Gasteiger partial charge is 0.238 e. The van der Waals surface area contributed by atoms with E-state index in [-0.39, 0.29) is 36.6 Å². The van der Waals surface area contributed by atoms with Gasteiger partial charge in [0.05, 0.1) is 5.75 Å². The number of carbonyl (C=O) groups is 2. The van der Waals surface area contributed by atoms with Crippen molar-refractivity contribution < 1.29 is 18.0 Å². The molecule has 0 aromatic heterocycles. The predicted octanol–water partition coefficient (Wildman–Crippen LogP) is 1.00. The highest BCUT2D eigenvalue weighted by molar-refractivity contribution is 7.89. The molecule has 2 N–H and O–H groups in total. The Bertz CT molecular complexity index is 521. The molecular weight excluding hydrogens is 330 g/mol. The van der Waals surface area contributed by atoms with Crippen LogP contribution in [-0.2, 0) is 19.6 Å². The van der Waals surface area contributed by atoms with Gasteiger partial charge in [0.15, 0.2) is 0 Å². The summed E-state index contributed by atoms with van der Waals surface area (Å²) in [5.41, 5.74) is 0. The lowest BCUT2D eigenvalue weighted by Crippen LogP contribution is -2.52. The minimum atomic E-state index is -3.40. The van der Waals surface area contributed by atoms with Crippen molar-refractivity contribution in [3.63, 3.8) is 0 Å². The highest BCUT2D eigenvalue weighted by Crippen LogP contribution is 2.21. The van der Waals surface area contributed by atoms with Crippen LogP contribution in [0, 0.1) is 0 Å². The third-order valence-electron chi connectivity index (χ3n) is 4.25. The summed E-state index contributed by atoms with van der Waals surface area (Å²) in [6.45, 7) is 6.34. The first-order valence-electron chi connectivity index (χ1n) is 8.88. The van der Waals surface area contributed by atoms with E-state index in [4.69, 9.17) is 0 Å². The number of amides is 2. The third-order valence-corrected chi connectivity index (χ3v) is 6.32. The molecule has 24 heavy (non-hydrogen) atoms. The van der Waals surface area contributed by atoms with Gasteiger partial charge in [-0.05, 0) is 32.6 Å². The van der Waals surface area contributed by atoms with Crippen molar-refractivity contribution in [3.05, 3.63) is 0 Å². The maximum atomic E-state index is 12.4. The fraction of sp³-hybridized carbons (Fsp3) is 0.875. The van der Waals surface area contributed by atoms with Crippen molar-refractivity contribution in [1.82, 2.24) is 14.9 Å². The van der Waals surface area contributed by atoms with E-state index in [9.17, 15) is 18.0 Å². The van der Waals surface area contributed by atoms with Crippen LogP contribution >= 0.6 is 0 Å². The SMILES string of the molecule is CCCS(=O)(=O)N1CCCCC1C(=O)NCCC(=O)NC(C)CC. The normalized spacial score (nSPS) is 20.4. The zero-order valence-corrected chi connectivity index (χ0v) is 15.8. The second kappa shape index (κ2) is 9.98. The first-order chi connectivity index (χ1) is 11.3. The zero-order chi connectivity index (χ0) is 18.2. The Hall–Kier alpha value is -1.15. The van der Waals surface area contributed by atoms with Crippen LogP contribution in [-0.4, -0.2) is 55.5 Å². The quantitative estimate of drug-likeness (QED) is 0.640. The second-order valence-corrected chi connectivity index (χ2v) is 8.40. The lowest BCUT2D eigenvalue weighted by atomic mass is 10.0. The van der Waals surface area contributed by atoms with Gasteiger partial charge >= 0.3 is 0 Å². The Labute approximate surface area is 145 Å². The standard InChI is InChI=1S/C16H31N3O4S/c1-4-12-24(22,23)19-11-7-6-8-14(19)16(21)17-10-9-15(20)18-13(3)5-2/h13-14H,4-12H2,1-3H3,(H,17,21)(H,18,20). The molecule has 1 fully saturated rings. The number of nitrogens with zero attached hydrogens (tertiary/aromatic N) is 1. The number of hydrogen-bond acceptors (Lipinski definition) is 4. The van der Waals surface area contributed by atoms with Crippen molar-refractivity contribution >= 4 is 21.8 Å². The summed E-state index contributed by atoms with van der Waals surface area (Å²) >= 11 is 0. The Kier molecular flexibility index (Phi) is 8.69. The number of piperidine rings is 1. The molecule has 2 unspecified atom stereocenters. The molecule has 0 spiro atoms. The highest BCUT2D eigenvalue weighted by Gasteiger charge is 2.35. The van der Waals surface area contributed by atoms with Gasteiger partial charge in [0, 0.05) is 25.6 Å². The van der Waals surface area contributed by atoms with E-state index in [0.717, 1.165) is 19.3 Å². The van der Waals surface area contributed by atoms with Crippen molar-refractivity contribution in [3.8, 4) is 0 Å². The molecule has 1 heterocycles. The summed E-state index contributed by atoms with van der Waals surface area (Å²) in [5, 5.41) is 5.55. The van der Waals surface area contributed by atoms with Gasteiger partial charge in [-0.2, -0.15) is 4.31 Å². The van der Waals surface area contributed by atoms with E-state index in [0.29, 0.717) is 19.4 Å². The van der Waals surface area contributed by atoms with Gasteiger partial charge in [0.1, 0.15) is 6.04 Å². The first-order valence-corrected chi connectivity index (χ1v) is 10.5. The number of rotatable bonds is 9. The minimum absolute atomic E-state index is 0.0636. The van der Waals surface area contributed by atoms with Crippen LogP contribution in [0.3, 0.4) is 0 Å². The summed E-state index contributed by atoms with van der Waals surface area (Å²) < 4.78 is 26.0. The summed E-state index contributed by atoms with van der Waals surface area (Å²) in [5.74, 6) is -0.344. The molecule has 140 valence electrons. The summed E-state index contributed by atoms with van der Waals surface area (Å²) in [4.78, 5) is 24.1.